The van der Waals surface area contributed by atoms with Crippen molar-refractivity contribution in [2.75, 3.05) is 25.5 Å². The molecule has 0 spiro atoms. The van der Waals surface area contributed by atoms with Crippen LogP contribution in [-0.2, 0) is 14.3 Å². The first-order valence-electron chi connectivity index (χ1n) is 5.34. The van der Waals surface area contributed by atoms with E-state index >= 15 is 0 Å². The molecule has 1 rings (SSSR count). The molecular weight excluding hydrogens is 228 g/mol. The molecule has 1 saturated heterocycles. The van der Waals surface area contributed by atoms with Gasteiger partial charge in [0.25, 0.3) is 0 Å². The summed E-state index contributed by atoms with van der Waals surface area (Å²) in [6, 6.07) is -0.460. The number of amides is 2. The Balaban J connectivity index is 2.66. The van der Waals surface area contributed by atoms with E-state index in [4.69, 9.17) is 4.74 Å². The number of rotatable bonds is 3. The van der Waals surface area contributed by atoms with E-state index in [9.17, 15) is 9.59 Å². The fourth-order valence-electron chi connectivity index (χ4n) is 1.59. The minimum Gasteiger partial charge on any atom is -0.377 e. The molecule has 92 valence electrons. The molecule has 0 aromatic rings. The number of carbonyl (C=O) groups excluding carboxylic acids is 2. The Morgan fingerprint density at radius 3 is 2.81 bits per heavy atom. The molecule has 0 aromatic carbocycles. The van der Waals surface area contributed by atoms with Crippen molar-refractivity contribution in [2.24, 2.45) is 0 Å². The van der Waals surface area contributed by atoms with Crippen LogP contribution in [-0.4, -0.2) is 54.3 Å². The van der Waals surface area contributed by atoms with Crippen LogP contribution in [0.2, 0.25) is 0 Å². The SMILES string of the molecule is CC(C)NC(=O)C1COCCN1C(=O)CS. The Morgan fingerprint density at radius 2 is 2.25 bits per heavy atom. The van der Waals surface area contributed by atoms with E-state index in [1.165, 1.54) is 4.90 Å². The molecule has 1 aliphatic rings. The maximum absolute atomic E-state index is 11.8. The highest BCUT2D eigenvalue weighted by Crippen LogP contribution is 2.08. The van der Waals surface area contributed by atoms with Crippen molar-refractivity contribution in [1.82, 2.24) is 10.2 Å². The van der Waals surface area contributed by atoms with E-state index in [0.29, 0.717) is 13.2 Å². The number of hydrogen-bond donors (Lipinski definition) is 2. The highest BCUT2D eigenvalue weighted by atomic mass is 32.1. The first-order chi connectivity index (χ1) is 7.56. The average molecular weight is 246 g/mol. The number of hydrogen-bond acceptors (Lipinski definition) is 4. The van der Waals surface area contributed by atoms with E-state index in [2.05, 4.69) is 17.9 Å². The largest absolute Gasteiger partial charge is 0.377 e. The molecule has 0 aliphatic carbocycles. The van der Waals surface area contributed by atoms with Gasteiger partial charge in [0.05, 0.1) is 19.0 Å². The van der Waals surface area contributed by atoms with Crippen molar-refractivity contribution in [1.29, 1.82) is 0 Å². The highest BCUT2D eigenvalue weighted by Gasteiger charge is 2.32. The van der Waals surface area contributed by atoms with Gasteiger partial charge in [-0.2, -0.15) is 12.6 Å². The van der Waals surface area contributed by atoms with Crippen LogP contribution in [0.15, 0.2) is 0 Å². The number of morpholine rings is 1. The van der Waals surface area contributed by atoms with Gasteiger partial charge in [0.1, 0.15) is 6.04 Å². The minimum absolute atomic E-state index is 0.0578. The molecule has 0 radical (unpaired) electrons. The summed E-state index contributed by atoms with van der Waals surface area (Å²) in [7, 11) is 0. The molecule has 5 nitrogen and oxygen atoms in total. The maximum Gasteiger partial charge on any atom is 0.245 e. The van der Waals surface area contributed by atoms with Crippen LogP contribution in [0.3, 0.4) is 0 Å². The summed E-state index contributed by atoms with van der Waals surface area (Å²) in [6.45, 7) is 4.96. The lowest BCUT2D eigenvalue weighted by molar-refractivity contribution is -0.146. The summed E-state index contributed by atoms with van der Waals surface area (Å²) in [5.74, 6) is -0.175. The molecule has 1 atom stereocenters. The zero-order valence-electron chi connectivity index (χ0n) is 9.60. The van der Waals surface area contributed by atoms with Gasteiger partial charge in [-0.25, -0.2) is 0 Å². The topological polar surface area (TPSA) is 58.6 Å². The molecule has 2 amide bonds. The summed E-state index contributed by atoms with van der Waals surface area (Å²) in [6.07, 6.45) is 0. The van der Waals surface area contributed by atoms with Crippen LogP contribution in [0.5, 0.6) is 0 Å². The van der Waals surface area contributed by atoms with Crippen molar-refractivity contribution in [3.05, 3.63) is 0 Å². The van der Waals surface area contributed by atoms with Crippen molar-refractivity contribution < 1.29 is 14.3 Å². The van der Waals surface area contributed by atoms with Gasteiger partial charge in [0.2, 0.25) is 11.8 Å². The van der Waals surface area contributed by atoms with Crippen LogP contribution in [0.25, 0.3) is 0 Å². The van der Waals surface area contributed by atoms with Gasteiger partial charge in [-0.15, -0.1) is 0 Å². The van der Waals surface area contributed by atoms with Gasteiger partial charge in [-0.3, -0.25) is 9.59 Å². The van der Waals surface area contributed by atoms with Gasteiger partial charge in [0.15, 0.2) is 0 Å². The van der Waals surface area contributed by atoms with Crippen LogP contribution >= 0.6 is 12.6 Å². The van der Waals surface area contributed by atoms with Crippen molar-refractivity contribution >= 4 is 24.4 Å². The molecule has 1 aliphatic heterocycles. The summed E-state index contributed by atoms with van der Waals surface area (Å²) in [5, 5.41) is 2.78. The predicted molar refractivity (Wildman–Crippen MR) is 63.5 cm³/mol. The van der Waals surface area contributed by atoms with Crippen LogP contribution in [0.4, 0.5) is 0 Å². The fourth-order valence-corrected chi connectivity index (χ4v) is 1.77. The Bertz CT molecular complexity index is 271. The lowest BCUT2D eigenvalue weighted by Gasteiger charge is -2.34. The van der Waals surface area contributed by atoms with Crippen LogP contribution in [0.1, 0.15) is 13.8 Å². The Kier molecular flexibility index (Phi) is 5.08. The molecule has 1 N–H and O–H groups in total. The smallest absolute Gasteiger partial charge is 0.245 e. The maximum atomic E-state index is 11.8. The second-order valence-electron chi connectivity index (χ2n) is 4.00. The van der Waals surface area contributed by atoms with Gasteiger partial charge in [-0.05, 0) is 13.8 Å². The molecule has 1 unspecified atom stereocenters. The van der Waals surface area contributed by atoms with Gasteiger partial charge < -0.3 is 15.0 Å². The number of nitrogens with zero attached hydrogens (tertiary/aromatic N) is 1. The molecule has 1 heterocycles. The molecule has 0 bridgehead atoms. The Labute approximate surface area is 101 Å². The molecule has 0 saturated carbocycles. The number of thiol groups is 1. The molecule has 6 heteroatoms. The monoisotopic (exact) mass is 246 g/mol. The van der Waals surface area contributed by atoms with E-state index in [1.54, 1.807) is 0 Å². The number of ether oxygens (including phenoxy) is 1. The van der Waals surface area contributed by atoms with Crippen LogP contribution in [0, 0.1) is 0 Å². The average Bonchev–Trinajstić information content (AvgIpc) is 2.27. The quantitative estimate of drug-likeness (QED) is 0.670. The van der Waals surface area contributed by atoms with Crippen LogP contribution < -0.4 is 5.32 Å². The predicted octanol–water partition coefficient (Wildman–Crippen LogP) is -0.332. The third-order valence-electron chi connectivity index (χ3n) is 2.32. The zero-order chi connectivity index (χ0) is 12.1. The standard InChI is InChI=1S/C10H18N2O3S/c1-7(2)11-10(14)8-5-15-4-3-12(8)9(13)6-16/h7-8,16H,3-6H2,1-2H3,(H,11,14). The Morgan fingerprint density at radius 1 is 1.56 bits per heavy atom. The first kappa shape index (κ1) is 13.3. The normalized spacial score (nSPS) is 21.0. The lowest BCUT2D eigenvalue weighted by atomic mass is 10.2. The van der Waals surface area contributed by atoms with Crippen molar-refractivity contribution in [2.45, 2.75) is 25.9 Å². The first-order valence-corrected chi connectivity index (χ1v) is 5.98. The summed E-state index contributed by atoms with van der Waals surface area (Å²) >= 11 is 3.94. The fraction of sp³-hybridized carbons (Fsp3) is 0.800. The van der Waals surface area contributed by atoms with Gasteiger partial charge >= 0.3 is 0 Å². The molecular formula is C10H18N2O3S. The summed E-state index contributed by atoms with van der Waals surface area (Å²) in [5.41, 5.74) is 0. The minimum atomic E-state index is -0.518. The lowest BCUT2D eigenvalue weighted by Crippen LogP contribution is -2.57. The molecule has 0 aromatic heterocycles. The highest BCUT2D eigenvalue weighted by molar-refractivity contribution is 7.81. The molecule has 1 fully saturated rings. The van der Waals surface area contributed by atoms with E-state index < -0.39 is 6.04 Å². The third kappa shape index (κ3) is 3.38. The van der Waals surface area contributed by atoms with E-state index in [0.717, 1.165) is 0 Å². The van der Waals surface area contributed by atoms with E-state index in [-0.39, 0.29) is 30.2 Å². The summed E-state index contributed by atoms with van der Waals surface area (Å²) in [4.78, 5) is 24.9. The second kappa shape index (κ2) is 6.10. The second-order valence-corrected chi connectivity index (χ2v) is 4.32. The number of nitrogens with one attached hydrogen (secondary N) is 1. The van der Waals surface area contributed by atoms with Gasteiger partial charge in [0, 0.05) is 12.6 Å². The summed E-state index contributed by atoms with van der Waals surface area (Å²) < 4.78 is 5.23. The van der Waals surface area contributed by atoms with E-state index in [1.807, 2.05) is 13.8 Å². The number of carbonyl (C=O) groups is 2. The molecule has 16 heavy (non-hydrogen) atoms. The van der Waals surface area contributed by atoms with Crippen molar-refractivity contribution in [3.63, 3.8) is 0 Å². The zero-order valence-corrected chi connectivity index (χ0v) is 10.5. The Hall–Kier alpha value is -0.750. The van der Waals surface area contributed by atoms with Gasteiger partial charge in [-0.1, -0.05) is 0 Å². The van der Waals surface area contributed by atoms with Crippen molar-refractivity contribution in [3.8, 4) is 0 Å². The third-order valence-corrected chi connectivity index (χ3v) is 2.59.